The number of hydrogen-bond acceptors (Lipinski definition) is 4. The Labute approximate surface area is 214 Å². The number of thiophene rings is 1. The molecule has 5 nitrogen and oxygen atoms in total. The van der Waals surface area contributed by atoms with Gasteiger partial charge in [-0.3, -0.25) is 9.89 Å². The van der Waals surface area contributed by atoms with Gasteiger partial charge in [0, 0.05) is 48.8 Å². The van der Waals surface area contributed by atoms with Gasteiger partial charge in [0.15, 0.2) is 5.96 Å². The number of rotatable bonds is 6. The first-order chi connectivity index (χ1) is 15.2. The Balaban J connectivity index is 0.00000289. The van der Waals surface area contributed by atoms with Crippen LogP contribution < -0.4 is 15.5 Å². The maximum atomic E-state index is 5.06. The van der Waals surface area contributed by atoms with Gasteiger partial charge in [-0.25, -0.2) is 0 Å². The minimum absolute atomic E-state index is 0. The molecule has 0 aliphatic carbocycles. The molecule has 2 unspecified atom stereocenters. The van der Waals surface area contributed by atoms with E-state index < -0.39 is 0 Å². The SMILES string of the molecule is CCNC(=NCC1CCCN(C)C1c1cccs1)NC1CCN(c2ccccc2)CC1.I. The molecule has 3 heterocycles. The summed E-state index contributed by atoms with van der Waals surface area (Å²) in [6, 6.07) is 16.2. The zero-order chi connectivity index (χ0) is 21.5. The lowest BCUT2D eigenvalue weighted by atomic mass is 9.88. The smallest absolute Gasteiger partial charge is 0.191 e. The molecule has 2 fully saturated rings. The largest absolute Gasteiger partial charge is 0.371 e. The lowest BCUT2D eigenvalue weighted by Crippen LogP contribution is -2.49. The Morgan fingerprint density at radius 2 is 1.84 bits per heavy atom. The van der Waals surface area contributed by atoms with Crippen LogP contribution in [0.1, 0.15) is 43.5 Å². The summed E-state index contributed by atoms with van der Waals surface area (Å²) in [7, 11) is 2.27. The topological polar surface area (TPSA) is 42.9 Å². The molecule has 0 spiro atoms. The van der Waals surface area contributed by atoms with Crippen LogP contribution in [-0.2, 0) is 0 Å². The van der Waals surface area contributed by atoms with E-state index >= 15 is 0 Å². The second-order valence-corrected chi connectivity index (χ2v) is 9.78. The third-order valence-corrected chi connectivity index (χ3v) is 7.57. The standard InChI is InChI=1S/C25H37N5S.HI/c1-3-26-25(28-21-13-16-30(17-14-21)22-10-5-4-6-11-22)27-19-20-9-7-15-29(2)24(20)23-12-8-18-31-23;/h4-6,8,10-12,18,20-21,24H,3,7,9,13-17,19H2,1-2H3,(H2,26,27,28);1H. The zero-order valence-corrected chi connectivity index (χ0v) is 22.5. The molecule has 0 bridgehead atoms. The van der Waals surface area contributed by atoms with Crippen LogP contribution in [0.25, 0.3) is 0 Å². The number of halogens is 1. The van der Waals surface area contributed by atoms with Crippen LogP contribution >= 0.6 is 35.3 Å². The fraction of sp³-hybridized carbons (Fsp3) is 0.560. The van der Waals surface area contributed by atoms with Gasteiger partial charge in [-0.05, 0) is 75.7 Å². The van der Waals surface area contributed by atoms with Crippen LogP contribution in [0.5, 0.6) is 0 Å². The summed E-state index contributed by atoms with van der Waals surface area (Å²) in [5, 5.41) is 9.42. The minimum Gasteiger partial charge on any atom is -0.371 e. The van der Waals surface area contributed by atoms with E-state index in [0.29, 0.717) is 18.0 Å². The number of nitrogens with one attached hydrogen (secondary N) is 2. The second kappa shape index (κ2) is 12.8. The van der Waals surface area contributed by atoms with Gasteiger partial charge in [0.25, 0.3) is 0 Å². The van der Waals surface area contributed by atoms with Gasteiger partial charge in [0.2, 0.25) is 0 Å². The van der Waals surface area contributed by atoms with E-state index in [-0.39, 0.29) is 24.0 Å². The van der Waals surface area contributed by atoms with E-state index in [0.717, 1.165) is 45.0 Å². The summed E-state index contributed by atoms with van der Waals surface area (Å²) >= 11 is 1.88. The highest BCUT2D eigenvalue weighted by molar-refractivity contribution is 14.0. The number of benzene rings is 1. The highest BCUT2D eigenvalue weighted by Gasteiger charge is 2.31. The minimum atomic E-state index is 0. The first-order valence-corrected chi connectivity index (χ1v) is 12.7. The van der Waals surface area contributed by atoms with Crippen molar-refractivity contribution in [3.8, 4) is 0 Å². The molecule has 176 valence electrons. The van der Waals surface area contributed by atoms with Gasteiger partial charge < -0.3 is 15.5 Å². The lowest BCUT2D eigenvalue weighted by Gasteiger charge is -2.38. The summed E-state index contributed by atoms with van der Waals surface area (Å²) in [4.78, 5) is 11.6. The van der Waals surface area contributed by atoms with Crippen LogP contribution in [0.4, 0.5) is 5.69 Å². The van der Waals surface area contributed by atoms with Crippen LogP contribution in [-0.4, -0.2) is 56.7 Å². The Kier molecular flexibility index (Phi) is 10.1. The van der Waals surface area contributed by atoms with E-state index in [1.165, 1.54) is 30.0 Å². The first kappa shape index (κ1) is 25.3. The van der Waals surface area contributed by atoms with Gasteiger partial charge >= 0.3 is 0 Å². The monoisotopic (exact) mass is 567 g/mol. The number of likely N-dealkylation sites (tertiary alicyclic amines) is 1. The molecule has 1 aromatic carbocycles. The average molecular weight is 568 g/mol. The number of aliphatic imine (C=N–C) groups is 1. The Bertz CT molecular complexity index is 805. The number of hydrogen-bond donors (Lipinski definition) is 2. The van der Waals surface area contributed by atoms with Crippen molar-refractivity contribution in [2.24, 2.45) is 10.9 Å². The maximum Gasteiger partial charge on any atom is 0.191 e. The maximum absolute atomic E-state index is 5.06. The van der Waals surface area contributed by atoms with Crippen molar-refractivity contribution < 1.29 is 0 Å². The molecule has 2 aromatic rings. The molecular formula is C25H38IN5S. The van der Waals surface area contributed by atoms with Crippen LogP contribution in [0.15, 0.2) is 52.8 Å². The van der Waals surface area contributed by atoms with Crippen molar-refractivity contribution >= 4 is 47.0 Å². The second-order valence-electron chi connectivity index (χ2n) is 8.80. The molecule has 2 aliphatic rings. The fourth-order valence-electron chi connectivity index (χ4n) is 5.00. The van der Waals surface area contributed by atoms with Crippen molar-refractivity contribution in [3.63, 3.8) is 0 Å². The molecular weight excluding hydrogens is 529 g/mol. The average Bonchev–Trinajstić information content (AvgIpc) is 3.33. The molecule has 7 heteroatoms. The molecule has 2 aliphatic heterocycles. The molecule has 4 rings (SSSR count). The third-order valence-electron chi connectivity index (χ3n) is 6.63. The molecule has 0 amide bonds. The molecule has 2 N–H and O–H groups in total. The van der Waals surface area contributed by atoms with Gasteiger partial charge in [-0.2, -0.15) is 0 Å². The quantitative estimate of drug-likeness (QED) is 0.294. The normalized spacial score (nSPS) is 22.9. The zero-order valence-electron chi connectivity index (χ0n) is 19.4. The molecule has 0 radical (unpaired) electrons. The first-order valence-electron chi connectivity index (χ1n) is 11.8. The summed E-state index contributed by atoms with van der Waals surface area (Å²) in [6.45, 7) is 7.29. The summed E-state index contributed by atoms with van der Waals surface area (Å²) < 4.78 is 0. The van der Waals surface area contributed by atoms with E-state index in [4.69, 9.17) is 4.99 Å². The van der Waals surface area contributed by atoms with Crippen molar-refractivity contribution in [1.29, 1.82) is 0 Å². The highest BCUT2D eigenvalue weighted by Crippen LogP contribution is 2.37. The predicted molar refractivity (Wildman–Crippen MR) is 149 cm³/mol. The molecule has 0 saturated carbocycles. The van der Waals surface area contributed by atoms with Gasteiger partial charge in [-0.1, -0.05) is 24.3 Å². The molecule has 2 atom stereocenters. The molecule has 32 heavy (non-hydrogen) atoms. The van der Waals surface area contributed by atoms with Crippen molar-refractivity contribution in [1.82, 2.24) is 15.5 Å². The Morgan fingerprint density at radius 3 is 2.53 bits per heavy atom. The third kappa shape index (κ3) is 6.60. The van der Waals surface area contributed by atoms with Gasteiger partial charge in [0.05, 0.1) is 0 Å². The van der Waals surface area contributed by atoms with Crippen molar-refractivity contribution in [3.05, 3.63) is 52.7 Å². The number of nitrogens with zero attached hydrogens (tertiary/aromatic N) is 3. The molecule has 2 saturated heterocycles. The van der Waals surface area contributed by atoms with Gasteiger partial charge in [0.1, 0.15) is 0 Å². The molecule has 1 aromatic heterocycles. The van der Waals surface area contributed by atoms with Crippen LogP contribution in [0, 0.1) is 5.92 Å². The lowest BCUT2D eigenvalue weighted by molar-refractivity contribution is 0.128. The number of anilines is 1. The van der Waals surface area contributed by atoms with E-state index in [2.05, 4.69) is 82.2 Å². The van der Waals surface area contributed by atoms with E-state index in [1.807, 2.05) is 11.3 Å². The van der Waals surface area contributed by atoms with Gasteiger partial charge in [-0.15, -0.1) is 35.3 Å². The Hall–Kier alpha value is -1.32. The summed E-state index contributed by atoms with van der Waals surface area (Å²) in [6.07, 6.45) is 4.80. The number of guanidine groups is 1. The van der Waals surface area contributed by atoms with Crippen molar-refractivity contribution in [2.45, 2.75) is 44.7 Å². The van der Waals surface area contributed by atoms with Crippen molar-refractivity contribution in [2.75, 3.05) is 44.7 Å². The van der Waals surface area contributed by atoms with E-state index in [1.54, 1.807) is 0 Å². The summed E-state index contributed by atoms with van der Waals surface area (Å²) in [5.41, 5.74) is 1.34. The van der Waals surface area contributed by atoms with E-state index in [9.17, 15) is 0 Å². The van der Waals surface area contributed by atoms with Crippen LogP contribution in [0.2, 0.25) is 0 Å². The van der Waals surface area contributed by atoms with Crippen LogP contribution in [0.3, 0.4) is 0 Å². The Morgan fingerprint density at radius 1 is 1.06 bits per heavy atom. The number of piperidine rings is 2. The number of para-hydroxylation sites is 1. The predicted octanol–water partition coefficient (Wildman–Crippen LogP) is 4.97. The fourth-order valence-corrected chi connectivity index (χ4v) is 5.99. The highest BCUT2D eigenvalue weighted by atomic mass is 127. The summed E-state index contributed by atoms with van der Waals surface area (Å²) in [5.74, 6) is 1.56.